The van der Waals surface area contributed by atoms with E-state index < -0.39 is 28.7 Å². The number of aryl methyl sites for hydroxylation is 3. The molecule has 0 aliphatic rings. The van der Waals surface area contributed by atoms with Gasteiger partial charge in [0, 0.05) is 26.7 Å². The third-order valence-electron chi connectivity index (χ3n) is 6.07. The summed E-state index contributed by atoms with van der Waals surface area (Å²) in [6, 6.07) is 12.3. The Morgan fingerprint density at radius 2 is 1.61 bits per heavy atom. The molecule has 1 N–H and O–H groups in total. The molecule has 0 aromatic heterocycles. The first-order valence-corrected chi connectivity index (χ1v) is 13.6. The van der Waals surface area contributed by atoms with Crippen LogP contribution in [0.1, 0.15) is 49.4 Å². The quantitative estimate of drug-likeness (QED) is 0.495. The maximum Gasteiger partial charge on any atom is 0.304 e. The van der Waals surface area contributed by atoms with Crippen LogP contribution in [0.4, 0.5) is 5.69 Å². The molecule has 0 aliphatic carbocycles. The Kier molecular flexibility index (Phi) is 10.1. The summed E-state index contributed by atoms with van der Waals surface area (Å²) in [5, 5.41) is 2.91. The molecule has 0 fully saturated rings. The van der Waals surface area contributed by atoms with Crippen molar-refractivity contribution < 1.29 is 18.0 Å². The normalized spacial score (nSPS) is 12.5. The highest BCUT2D eigenvalue weighted by Crippen LogP contribution is 2.26. The first-order chi connectivity index (χ1) is 16.8. The highest BCUT2D eigenvalue weighted by atomic mass is 32.2. The zero-order valence-electron chi connectivity index (χ0n) is 22.7. The Labute approximate surface area is 216 Å². The van der Waals surface area contributed by atoms with E-state index in [1.54, 1.807) is 6.07 Å². The number of nitrogens with zero attached hydrogens (tertiary/aromatic N) is 3. The molecular weight excluding hydrogens is 476 g/mol. The van der Waals surface area contributed by atoms with E-state index in [0.717, 1.165) is 30.9 Å². The van der Waals surface area contributed by atoms with Crippen LogP contribution in [0.25, 0.3) is 0 Å². The Bertz CT molecular complexity index is 1180. The summed E-state index contributed by atoms with van der Waals surface area (Å²) < 4.78 is 29.0. The molecule has 8 nitrogen and oxygen atoms in total. The zero-order chi connectivity index (χ0) is 27.2. The minimum atomic E-state index is -3.99. The highest BCUT2D eigenvalue weighted by molar-refractivity contribution is 7.90. The largest absolute Gasteiger partial charge is 0.352 e. The number of carbonyl (C=O) groups is 2. The van der Waals surface area contributed by atoms with Crippen LogP contribution in [0, 0.1) is 20.8 Å². The molecule has 0 bridgehead atoms. The van der Waals surface area contributed by atoms with Gasteiger partial charge in [0.05, 0.1) is 5.69 Å². The molecule has 2 aromatic carbocycles. The van der Waals surface area contributed by atoms with Crippen molar-refractivity contribution in [1.29, 1.82) is 0 Å². The molecule has 0 saturated carbocycles. The van der Waals surface area contributed by atoms with E-state index in [-0.39, 0.29) is 18.5 Å². The number of nitrogens with one attached hydrogen (secondary N) is 1. The molecular formula is C27H40N4O4S. The number of benzene rings is 2. The molecule has 0 radical (unpaired) electrons. The van der Waals surface area contributed by atoms with Crippen molar-refractivity contribution >= 4 is 27.7 Å². The second-order valence-corrected chi connectivity index (χ2v) is 11.7. The lowest BCUT2D eigenvalue weighted by molar-refractivity contribution is -0.140. The number of hydrogen-bond acceptors (Lipinski definition) is 4. The van der Waals surface area contributed by atoms with Crippen molar-refractivity contribution in [3.05, 3.63) is 64.7 Å². The van der Waals surface area contributed by atoms with E-state index in [1.807, 2.05) is 77.9 Å². The first-order valence-electron chi connectivity index (χ1n) is 12.2. The van der Waals surface area contributed by atoms with Gasteiger partial charge in [-0.15, -0.1) is 0 Å². The molecule has 0 saturated heterocycles. The number of rotatable bonds is 11. The van der Waals surface area contributed by atoms with Crippen LogP contribution >= 0.6 is 0 Å². The molecule has 9 heteroatoms. The molecule has 2 aromatic rings. The van der Waals surface area contributed by atoms with Crippen LogP contribution in [0.3, 0.4) is 0 Å². The maximum atomic E-state index is 13.9. The smallest absolute Gasteiger partial charge is 0.304 e. The number of carbonyl (C=O) groups excluding carboxylic acids is 2. The lowest BCUT2D eigenvalue weighted by atomic mass is 10.1. The summed E-state index contributed by atoms with van der Waals surface area (Å²) in [5.41, 5.74) is 3.93. The van der Waals surface area contributed by atoms with Crippen molar-refractivity contribution in [2.75, 3.05) is 24.9 Å². The predicted molar refractivity (Wildman–Crippen MR) is 145 cm³/mol. The van der Waals surface area contributed by atoms with Gasteiger partial charge in [0.25, 0.3) is 0 Å². The molecule has 0 spiro atoms. The van der Waals surface area contributed by atoms with Crippen LogP contribution in [0.5, 0.6) is 0 Å². The van der Waals surface area contributed by atoms with Crippen LogP contribution in [-0.2, 0) is 26.3 Å². The van der Waals surface area contributed by atoms with Gasteiger partial charge in [-0.25, -0.2) is 4.31 Å². The van der Waals surface area contributed by atoms with E-state index in [2.05, 4.69) is 5.32 Å². The lowest BCUT2D eigenvalue weighted by Crippen LogP contribution is -2.54. The van der Waals surface area contributed by atoms with Gasteiger partial charge in [-0.1, -0.05) is 43.3 Å². The molecule has 0 aliphatic heterocycles. The van der Waals surface area contributed by atoms with Gasteiger partial charge < -0.3 is 10.2 Å². The average molecular weight is 517 g/mol. The van der Waals surface area contributed by atoms with Gasteiger partial charge in [-0.05, 0) is 69.4 Å². The SMILES string of the molecule is CCC(C(=O)NC(C)C)N(Cc1ccccc1C)C(=O)CN(c1cc(C)ccc1C)S(=O)(=O)N(C)C. The summed E-state index contributed by atoms with van der Waals surface area (Å²) in [6.45, 7) is 11.0. The van der Waals surface area contributed by atoms with E-state index in [9.17, 15) is 18.0 Å². The lowest BCUT2D eigenvalue weighted by Gasteiger charge is -2.35. The topological polar surface area (TPSA) is 90.0 Å². The van der Waals surface area contributed by atoms with Crippen molar-refractivity contribution in [2.24, 2.45) is 0 Å². The number of anilines is 1. The van der Waals surface area contributed by atoms with Crippen LogP contribution in [0.2, 0.25) is 0 Å². The second kappa shape index (κ2) is 12.4. The number of amides is 2. The standard InChI is InChI=1S/C27H40N4O4S/c1-9-24(27(33)28-19(2)3)30(17-23-13-11-10-12-21(23)5)26(32)18-31(36(34,35)29(7)8)25-16-20(4)14-15-22(25)6/h10-16,19,24H,9,17-18H2,1-8H3,(H,28,33). The Balaban J connectivity index is 2.58. The fourth-order valence-electron chi connectivity index (χ4n) is 3.96. The molecule has 1 unspecified atom stereocenters. The van der Waals surface area contributed by atoms with Crippen molar-refractivity contribution in [2.45, 2.75) is 66.6 Å². The minimum absolute atomic E-state index is 0.0949. The summed E-state index contributed by atoms with van der Waals surface area (Å²) >= 11 is 0. The molecule has 0 heterocycles. The van der Waals surface area contributed by atoms with Crippen molar-refractivity contribution in [1.82, 2.24) is 14.5 Å². The van der Waals surface area contributed by atoms with E-state index in [1.165, 1.54) is 19.0 Å². The van der Waals surface area contributed by atoms with Gasteiger partial charge in [0.15, 0.2) is 0 Å². The minimum Gasteiger partial charge on any atom is -0.352 e. The van der Waals surface area contributed by atoms with Crippen molar-refractivity contribution in [3.8, 4) is 0 Å². The van der Waals surface area contributed by atoms with Gasteiger partial charge in [0.2, 0.25) is 11.8 Å². The Morgan fingerprint density at radius 3 is 2.17 bits per heavy atom. The number of hydrogen-bond donors (Lipinski definition) is 1. The van der Waals surface area contributed by atoms with Crippen LogP contribution < -0.4 is 9.62 Å². The van der Waals surface area contributed by atoms with E-state index >= 15 is 0 Å². The van der Waals surface area contributed by atoms with Crippen molar-refractivity contribution in [3.63, 3.8) is 0 Å². The monoisotopic (exact) mass is 516 g/mol. The predicted octanol–water partition coefficient (Wildman–Crippen LogP) is 3.56. The molecule has 36 heavy (non-hydrogen) atoms. The van der Waals surface area contributed by atoms with E-state index in [4.69, 9.17) is 0 Å². The second-order valence-electron chi connectivity index (χ2n) is 9.62. The first kappa shape index (κ1) is 29.3. The van der Waals surface area contributed by atoms with Gasteiger partial charge in [0.1, 0.15) is 12.6 Å². The average Bonchev–Trinajstić information content (AvgIpc) is 2.79. The molecule has 198 valence electrons. The summed E-state index contributed by atoms with van der Waals surface area (Å²) in [7, 11) is -1.12. The third kappa shape index (κ3) is 7.07. The molecule has 2 amide bonds. The Hall–Kier alpha value is -2.91. The summed E-state index contributed by atoms with van der Waals surface area (Å²) in [4.78, 5) is 28.5. The maximum absolute atomic E-state index is 13.9. The summed E-state index contributed by atoms with van der Waals surface area (Å²) in [5.74, 6) is -0.710. The van der Waals surface area contributed by atoms with Gasteiger partial charge in [-0.2, -0.15) is 12.7 Å². The zero-order valence-corrected chi connectivity index (χ0v) is 23.5. The third-order valence-corrected chi connectivity index (χ3v) is 7.88. The van der Waals surface area contributed by atoms with E-state index in [0.29, 0.717) is 12.1 Å². The van der Waals surface area contributed by atoms with Gasteiger partial charge in [-0.3, -0.25) is 9.59 Å². The molecule has 2 rings (SSSR count). The van der Waals surface area contributed by atoms with Crippen LogP contribution in [0.15, 0.2) is 42.5 Å². The fraction of sp³-hybridized carbons (Fsp3) is 0.481. The summed E-state index contributed by atoms with van der Waals surface area (Å²) in [6.07, 6.45) is 0.389. The fourth-order valence-corrected chi connectivity index (χ4v) is 5.07. The Morgan fingerprint density at radius 1 is 0.972 bits per heavy atom. The van der Waals surface area contributed by atoms with Crippen LogP contribution in [-0.4, -0.2) is 62.2 Å². The molecule has 1 atom stereocenters. The van der Waals surface area contributed by atoms with Gasteiger partial charge >= 0.3 is 10.2 Å². The highest BCUT2D eigenvalue weighted by Gasteiger charge is 2.34.